The Bertz CT molecular complexity index is 2140. The molecule has 12 heteroatoms. The quantitative estimate of drug-likeness (QED) is 0.159. The molecule has 296 valence electrons. The zero-order valence-corrected chi connectivity index (χ0v) is 33.7. The number of hydrogen-bond acceptors (Lipinski definition) is 8. The molecule has 3 atom stereocenters. The van der Waals surface area contributed by atoms with Crippen LogP contribution in [0.5, 0.6) is 5.75 Å². The molecule has 1 aliphatic carbocycles. The summed E-state index contributed by atoms with van der Waals surface area (Å²) in [5.74, 6) is 2.29. The first-order valence-electron chi connectivity index (χ1n) is 20.6. The summed E-state index contributed by atoms with van der Waals surface area (Å²) in [6, 6.07) is 22.8. The Labute approximate surface area is 331 Å². The number of aromatic nitrogens is 5. The Hall–Kier alpha value is -4.94. The van der Waals surface area contributed by atoms with Gasteiger partial charge in [-0.1, -0.05) is 57.2 Å². The molecule has 2 saturated heterocycles. The third-order valence-electron chi connectivity index (χ3n) is 11.8. The van der Waals surface area contributed by atoms with E-state index in [4.69, 9.17) is 9.84 Å². The van der Waals surface area contributed by atoms with E-state index < -0.39 is 0 Å². The first kappa shape index (κ1) is 38.0. The molecule has 12 nitrogen and oxygen atoms in total. The number of rotatable bonds is 9. The average molecular weight is 759 g/mol. The third-order valence-corrected chi connectivity index (χ3v) is 11.8. The van der Waals surface area contributed by atoms with E-state index in [9.17, 15) is 4.79 Å². The number of likely N-dealkylation sites (N-methyl/N-ethyl adjacent to an activating group) is 1. The summed E-state index contributed by atoms with van der Waals surface area (Å²) >= 11 is 0. The number of carbonyl (C=O) groups excluding carboxylic acids is 1. The van der Waals surface area contributed by atoms with Crippen molar-refractivity contribution in [3.8, 4) is 11.4 Å². The highest BCUT2D eigenvalue weighted by atomic mass is 16.5. The Balaban J connectivity index is 0.965. The van der Waals surface area contributed by atoms with Gasteiger partial charge in [0.15, 0.2) is 5.65 Å². The number of nitrogens with zero attached hydrogens (tertiary/aromatic N) is 8. The van der Waals surface area contributed by atoms with E-state index in [0.29, 0.717) is 11.9 Å². The first-order valence-corrected chi connectivity index (χ1v) is 20.6. The molecule has 5 aromatic rings. The van der Waals surface area contributed by atoms with Crippen LogP contribution in [-0.4, -0.2) is 92.6 Å². The van der Waals surface area contributed by atoms with Gasteiger partial charge in [0.2, 0.25) is 5.95 Å². The van der Waals surface area contributed by atoms with Crippen molar-refractivity contribution in [2.24, 2.45) is 0 Å². The molecule has 5 heterocycles. The topological polar surface area (TPSA) is 108 Å². The smallest absolute Gasteiger partial charge is 0.320 e. The maximum absolute atomic E-state index is 13.9. The summed E-state index contributed by atoms with van der Waals surface area (Å²) < 4.78 is 10.6. The van der Waals surface area contributed by atoms with Crippen LogP contribution >= 0.6 is 0 Å². The molecule has 1 unspecified atom stereocenters. The maximum Gasteiger partial charge on any atom is 0.320 e. The van der Waals surface area contributed by atoms with Gasteiger partial charge in [0.1, 0.15) is 17.7 Å². The van der Waals surface area contributed by atoms with Crippen molar-refractivity contribution in [3.63, 3.8) is 0 Å². The SMILES string of the molecule is CC1CCCCN1c1nnc2ccc(O[C@@H]3CC[C@H](NC(=O)Nc4cc(C(C)(C)C)nn4-c4cccc(CCN5CCCN(C)CC5)c4)c4ccccc43)cn12. The van der Waals surface area contributed by atoms with Crippen molar-refractivity contribution in [1.82, 2.24) is 39.5 Å². The van der Waals surface area contributed by atoms with Gasteiger partial charge in [0.25, 0.3) is 0 Å². The first-order chi connectivity index (χ1) is 27.1. The second kappa shape index (κ2) is 16.3. The molecular weight excluding hydrogens is 701 g/mol. The standard InChI is InChI=1S/C44H58N10O2/c1-31-12-8-9-24-52(31)43-48-47-40-20-17-34(30-53(40)43)56-38-19-18-37(35-15-6-7-16-36(35)38)45-42(55)46-41-29-39(44(2,3)4)49-54(41)33-14-10-13-32(28-33)21-25-51-23-11-22-50(5)26-27-51/h6-7,10,13-17,20,28-31,37-38H,8-9,11-12,18-19,21-27H2,1-5H3,(H2,45,46,55)/t31?,37-,38+/m0/s1. The number of carbonyl (C=O) groups is 1. The monoisotopic (exact) mass is 758 g/mol. The highest BCUT2D eigenvalue weighted by Crippen LogP contribution is 2.39. The van der Waals surface area contributed by atoms with Gasteiger partial charge in [-0.15, -0.1) is 10.2 Å². The minimum absolute atomic E-state index is 0.151. The van der Waals surface area contributed by atoms with Crippen molar-refractivity contribution in [2.45, 2.75) is 96.2 Å². The van der Waals surface area contributed by atoms with Crippen LogP contribution in [0.4, 0.5) is 16.6 Å². The zero-order valence-electron chi connectivity index (χ0n) is 33.7. The Morgan fingerprint density at radius 2 is 1.73 bits per heavy atom. The van der Waals surface area contributed by atoms with Crippen molar-refractivity contribution in [2.75, 3.05) is 56.5 Å². The normalized spacial score (nSPS) is 21.1. The average Bonchev–Trinajstić information content (AvgIpc) is 3.75. The van der Waals surface area contributed by atoms with Gasteiger partial charge in [-0.2, -0.15) is 5.10 Å². The lowest BCUT2D eigenvalue weighted by atomic mass is 9.85. The fourth-order valence-corrected chi connectivity index (χ4v) is 8.51. The van der Waals surface area contributed by atoms with Crippen molar-refractivity contribution < 1.29 is 9.53 Å². The number of nitrogens with one attached hydrogen (secondary N) is 2. The highest BCUT2D eigenvalue weighted by molar-refractivity contribution is 5.89. The molecule has 3 aromatic heterocycles. The van der Waals surface area contributed by atoms with Crippen molar-refractivity contribution in [1.29, 1.82) is 0 Å². The largest absolute Gasteiger partial charge is 0.484 e. The van der Waals surface area contributed by atoms with Crippen LogP contribution in [0.1, 0.15) is 101 Å². The van der Waals surface area contributed by atoms with E-state index >= 15 is 0 Å². The number of urea groups is 1. The number of benzene rings is 2. The summed E-state index contributed by atoms with van der Waals surface area (Å²) in [4.78, 5) is 21.2. The zero-order chi connectivity index (χ0) is 38.8. The van der Waals surface area contributed by atoms with Crippen LogP contribution in [-0.2, 0) is 11.8 Å². The molecule has 2 fully saturated rings. The minimum atomic E-state index is -0.259. The van der Waals surface area contributed by atoms with Crippen LogP contribution in [0.25, 0.3) is 11.3 Å². The van der Waals surface area contributed by atoms with Crippen molar-refractivity contribution >= 4 is 23.4 Å². The molecule has 0 saturated carbocycles. The summed E-state index contributed by atoms with van der Waals surface area (Å²) in [5, 5.41) is 20.5. The number of fused-ring (bicyclic) bond motifs is 2. The lowest BCUT2D eigenvalue weighted by Gasteiger charge is -2.33. The van der Waals surface area contributed by atoms with Gasteiger partial charge < -0.3 is 24.8 Å². The number of amides is 2. The molecule has 8 rings (SSSR count). The van der Waals surface area contributed by atoms with Gasteiger partial charge in [-0.25, -0.2) is 9.48 Å². The van der Waals surface area contributed by atoms with Crippen LogP contribution in [0, 0.1) is 0 Å². The summed E-state index contributed by atoms with van der Waals surface area (Å²) in [5.41, 5.74) is 5.88. The van der Waals surface area contributed by atoms with E-state index in [1.165, 1.54) is 18.4 Å². The number of piperidine rings is 1. The fraction of sp³-hybridized carbons (Fsp3) is 0.500. The number of pyridine rings is 1. The highest BCUT2D eigenvalue weighted by Gasteiger charge is 2.31. The van der Waals surface area contributed by atoms with Crippen molar-refractivity contribution in [3.05, 3.63) is 95.3 Å². The number of hydrogen-bond donors (Lipinski definition) is 2. The predicted molar refractivity (Wildman–Crippen MR) is 222 cm³/mol. The Morgan fingerprint density at radius 1 is 0.875 bits per heavy atom. The maximum atomic E-state index is 13.9. The van der Waals surface area contributed by atoms with Crippen LogP contribution < -0.4 is 20.3 Å². The second-order valence-corrected chi connectivity index (χ2v) is 17.1. The van der Waals surface area contributed by atoms with E-state index in [1.807, 2.05) is 41.2 Å². The van der Waals surface area contributed by atoms with Gasteiger partial charge in [0.05, 0.1) is 23.6 Å². The van der Waals surface area contributed by atoms with Crippen LogP contribution in [0.15, 0.2) is 72.9 Å². The van der Waals surface area contributed by atoms with Gasteiger partial charge >= 0.3 is 6.03 Å². The third kappa shape index (κ3) is 8.41. The second-order valence-electron chi connectivity index (χ2n) is 17.1. The molecule has 2 N–H and O–H groups in total. The van der Waals surface area contributed by atoms with Gasteiger partial charge in [0, 0.05) is 43.7 Å². The molecule has 56 heavy (non-hydrogen) atoms. The number of ether oxygens (including phenoxy) is 1. The summed E-state index contributed by atoms with van der Waals surface area (Å²) in [7, 11) is 2.21. The predicted octanol–water partition coefficient (Wildman–Crippen LogP) is 7.55. The molecule has 2 amide bonds. The van der Waals surface area contributed by atoms with Gasteiger partial charge in [-0.3, -0.25) is 9.72 Å². The molecule has 2 aromatic carbocycles. The molecule has 2 aliphatic heterocycles. The molecule has 3 aliphatic rings. The lowest BCUT2D eigenvalue weighted by Crippen LogP contribution is -2.38. The summed E-state index contributed by atoms with van der Waals surface area (Å²) in [6.45, 7) is 15.2. The fourth-order valence-electron chi connectivity index (χ4n) is 8.51. The van der Waals surface area contributed by atoms with E-state index in [2.05, 4.69) is 111 Å². The Kier molecular flexibility index (Phi) is 11.0. The number of anilines is 2. The van der Waals surface area contributed by atoms with Crippen LogP contribution in [0.2, 0.25) is 0 Å². The molecular formula is C44H58N10O2. The molecule has 0 bridgehead atoms. The lowest BCUT2D eigenvalue weighted by molar-refractivity contribution is 0.171. The molecule has 0 spiro atoms. The Morgan fingerprint density at radius 3 is 2.57 bits per heavy atom. The van der Waals surface area contributed by atoms with E-state index in [0.717, 1.165) is 111 Å². The minimum Gasteiger partial charge on any atom is -0.484 e. The van der Waals surface area contributed by atoms with Crippen LogP contribution in [0.3, 0.4) is 0 Å². The van der Waals surface area contributed by atoms with Gasteiger partial charge in [-0.05, 0) is 113 Å². The molecule has 0 radical (unpaired) electrons. The summed E-state index contributed by atoms with van der Waals surface area (Å²) in [6.07, 6.45) is 9.10. The van der Waals surface area contributed by atoms with E-state index in [-0.39, 0.29) is 23.6 Å². The van der Waals surface area contributed by atoms with E-state index in [1.54, 1.807) is 0 Å².